The first-order chi connectivity index (χ1) is 9.71. The fraction of sp³-hybridized carbons (Fsp3) is 0.733. The largest absolute Gasteiger partial charge is 0.353 e. The fourth-order valence-corrected chi connectivity index (χ4v) is 3.19. The summed E-state index contributed by atoms with van der Waals surface area (Å²) in [6.07, 6.45) is 8.94. The number of hydrogen-bond donors (Lipinski definition) is 2. The van der Waals surface area contributed by atoms with E-state index in [1.165, 1.54) is 12.8 Å². The maximum absolute atomic E-state index is 12.8. The predicted molar refractivity (Wildman–Crippen MR) is 77.3 cm³/mol. The van der Waals surface area contributed by atoms with Crippen LogP contribution in [-0.2, 0) is 10.3 Å². The molecule has 3 rings (SSSR count). The van der Waals surface area contributed by atoms with Gasteiger partial charge in [0.15, 0.2) is 0 Å². The fourth-order valence-electron chi connectivity index (χ4n) is 3.19. The molecule has 0 atom stereocenters. The Kier molecular flexibility index (Phi) is 3.54. The average Bonchev–Trinajstić information content (AvgIpc) is 3.07. The highest BCUT2D eigenvalue weighted by Gasteiger charge is 2.45. The molecule has 1 aliphatic carbocycles. The Morgan fingerprint density at radius 2 is 2.10 bits per heavy atom. The first-order valence-electron chi connectivity index (χ1n) is 7.70. The molecule has 1 saturated carbocycles. The molecule has 1 saturated heterocycles. The molecule has 0 bridgehead atoms. The Morgan fingerprint density at radius 3 is 2.65 bits per heavy atom. The van der Waals surface area contributed by atoms with E-state index in [-0.39, 0.29) is 5.91 Å². The summed E-state index contributed by atoms with van der Waals surface area (Å²) >= 11 is 0. The van der Waals surface area contributed by atoms with Crippen LogP contribution in [0.25, 0.3) is 0 Å². The molecule has 1 aromatic heterocycles. The quantitative estimate of drug-likeness (QED) is 0.851. The second-order valence-electron chi connectivity index (χ2n) is 6.27. The van der Waals surface area contributed by atoms with Gasteiger partial charge in [-0.05, 0) is 56.7 Å². The third kappa shape index (κ3) is 2.35. The van der Waals surface area contributed by atoms with Crippen molar-refractivity contribution >= 4 is 5.91 Å². The molecule has 2 N–H and O–H groups in total. The molecule has 0 radical (unpaired) electrons. The van der Waals surface area contributed by atoms with E-state index < -0.39 is 5.54 Å². The number of carbonyl (C=O) groups excluding carboxylic acids is 1. The Hall–Kier alpha value is -1.36. The summed E-state index contributed by atoms with van der Waals surface area (Å²) in [5.74, 6) is 0.141. The highest BCUT2D eigenvalue weighted by Crippen LogP contribution is 2.48. The number of nitrogens with one attached hydrogen (secondary N) is 2. The third-order valence-corrected chi connectivity index (χ3v) is 5.13. The van der Waals surface area contributed by atoms with Gasteiger partial charge in [0.1, 0.15) is 5.54 Å². The van der Waals surface area contributed by atoms with Gasteiger partial charge in [0, 0.05) is 18.9 Å². The molecule has 2 aliphatic rings. The second-order valence-corrected chi connectivity index (χ2v) is 6.27. The smallest absolute Gasteiger partial charge is 0.248 e. The Bertz CT molecular complexity index is 458. The van der Waals surface area contributed by atoms with Crippen LogP contribution in [0.4, 0.5) is 0 Å². The number of nitrogens with zero attached hydrogens (tertiary/aromatic N) is 2. The normalized spacial score (nSPS) is 23.2. The summed E-state index contributed by atoms with van der Waals surface area (Å²) in [5.41, 5.74) is -0.119. The maximum Gasteiger partial charge on any atom is 0.248 e. The van der Waals surface area contributed by atoms with Crippen LogP contribution < -0.4 is 10.6 Å². The molecular weight excluding hydrogens is 252 g/mol. The van der Waals surface area contributed by atoms with Crippen LogP contribution in [0.15, 0.2) is 18.5 Å². The maximum atomic E-state index is 12.8. The first kappa shape index (κ1) is 13.6. The molecule has 0 aromatic carbocycles. The van der Waals surface area contributed by atoms with E-state index in [0.29, 0.717) is 5.41 Å². The van der Waals surface area contributed by atoms with Crippen LogP contribution in [-0.4, -0.2) is 35.3 Å². The minimum atomic E-state index is -0.501. The Morgan fingerprint density at radius 1 is 1.35 bits per heavy atom. The molecule has 2 fully saturated rings. The molecule has 1 aromatic rings. The Balaban J connectivity index is 1.74. The van der Waals surface area contributed by atoms with E-state index in [0.717, 1.165) is 38.9 Å². The van der Waals surface area contributed by atoms with Gasteiger partial charge in [-0.15, -0.1) is 0 Å². The van der Waals surface area contributed by atoms with Crippen molar-refractivity contribution in [3.8, 4) is 0 Å². The SMILES string of the molecule is CCC1(CNC(=O)C2(n3cccn3)CCNCC2)CC1. The standard InChI is InChI=1S/C15H24N4O/c1-2-14(4-5-14)12-17-13(20)15(6-9-16-10-7-15)19-11-3-8-18-19/h3,8,11,16H,2,4-7,9-10,12H2,1H3,(H,17,20). The van der Waals surface area contributed by atoms with Crippen LogP contribution >= 0.6 is 0 Å². The summed E-state index contributed by atoms with van der Waals surface area (Å²) in [5, 5.41) is 10.9. The first-order valence-corrected chi connectivity index (χ1v) is 7.70. The summed E-state index contributed by atoms with van der Waals surface area (Å²) in [7, 11) is 0. The number of amides is 1. The van der Waals surface area contributed by atoms with Gasteiger partial charge in [-0.3, -0.25) is 9.48 Å². The molecule has 1 aliphatic heterocycles. The van der Waals surface area contributed by atoms with Crippen molar-refractivity contribution in [1.29, 1.82) is 0 Å². The predicted octanol–water partition coefficient (Wildman–Crippen LogP) is 1.27. The zero-order valence-electron chi connectivity index (χ0n) is 12.2. The van der Waals surface area contributed by atoms with Gasteiger partial charge in [0.05, 0.1) is 0 Å². The number of rotatable bonds is 5. The minimum absolute atomic E-state index is 0.141. The van der Waals surface area contributed by atoms with Gasteiger partial charge in [0.2, 0.25) is 5.91 Å². The number of piperidine rings is 1. The molecule has 5 nitrogen and oxygen atoms in total. The average molecular weight is 276 g/mol. The van der Waals surface area contributed by atoms with Crippen molar-refractivity contribution in [2.45, 2.75) is 44.6 Å². The van der Waals surface area contributed by atoms with Crippen LogP contribution in [0.5, 0.6) is 0 Å². The third-order valence-electron chi connectivity index (χ3n) is 5.13. The molecule has 20 heavy (non-hydrogen) atoms. The molecule has 0 spiro atoms. The van der Waals surface area contributed by atoms with Gasteiger partial charge in [0.25, 0.3) is 0 Å². The summed E-state index contributed by atoms with van der Waals surface area (Å²) < 4.78 is 1.86. The van der Waals surface area contributed by atoms with E-state index >= 15 is 0 Å². The van der Waals surface area contributed by atoms with Gasteiger partial charge >= 0.3 is 0 Å². The van der Waals surface area contributed by atoms with Crippen molar-refractivity contribution in [3.05, 3.63) is 18.5 Å². The van der Waals surface area contributed by atoms with E-state index in [1.54, 1.807) is 6.20 Å². The van der Waals surface area contributed by atoms with Gasteiger partial charge in [-0.1, -0.05) is 6.92 Å². The van der Waals surface area contributed by atoms with Crippen molar-refractivity contribution in [2.75, 3.05) is 19.6 Å². The molecule has 0 unspecified atom stereocenters. The summed E-state index contributed by atoms with van der Waals surface area (Å²) in [4.78, 5) is 12.8. The van der Waals surface area contributed by atoms with Crippen molar-refractivity contribution in [3.63, 3.8) is 0 Å². The van der Waals surface area contributed by atoms with Crippen LogP contribution in [0.3, 0.4) is 0 Å². The molecule has 5 heteroatoms. The van der Waals surface area contributed by atoms with Gasteiger partial charge in [-0.2, -0.15) is 5.10 Å². The second kappa shape index (κ2) is 5.20. The Labute approximate surface area is 120 Å². The molecule has 2 heterocycles. The van der Waals surface area contributed by atoms with Gasteiger partial charge in [-0.25, -0.2) is 0 Å². The lowest BCUT2D eigenvalue weighted by Crippen LogP contribution is -2.55. The van der Waals surface area contributed by atoms with Crippen LogP contribution in [0.2, 0.25) is 0 Å². The lowest BCUT2D eigenvalue weighted by molar-refractivity contribution is -0.132. The number of carbonyl (C=O) groups is 1. The van der Waals surface area contributed by atoms with Crippen LogP contribution in [0.1, 0.15) is 39.0 Å². The lowest BCUT2D eigenvalue weighted by Gasteiger charge is -2.36. The highest BCUT2D eigenvalue weighted by atomic mass is 16.2. The zero-order valence-corrected chi connectivity index (χ0v) is 12.2. The van der Waals surface area contributed by atoms with Gasteiger partial charge < -0.3 is 10.6 Å². The number of aromatic nitrogens is 2. The van der Waals surface area contributed by atoms with E-state index in [9.17, 15) is 4.79 Å². The van der Waals surface area contributed by atoms with E-state index in [2.05, 4.69) is 22.7 Å². The van der Waals surface area contributed by atoms with E-state index in [1.807, 2.05) is 16.9 Å². The molecule has 110 valence electrons. The monoisotopic (exact) mass is 276 g/mol. The topological polar surface area (TPSA) is 59.0 Å². The molecular formula is C15H24N4O. The van der Waals surface area contributed by atoms with Crippen molar-refractivity contribution in [2.24, 2.45) is 5.41 Å². The summed E-state index contributed by atoms with van der Waals surface area (Å²) in [6, 6.07) is 1.89. The van der Waals surface area contributed by atoms with Crippen molar-refractivity contribution in [1.82, 2.24) is 20.4 Å². The highest BCUT2D eigenvalue weighted by molar-refractivity contribution is 5.84. The zero-order chi connectivity index (χ0) is 14.1. The minimum Gasteiger partial charge on any atom is -0.353 e. The van der Waals surface area contributed by atoms with E-state index in [4.69, 9.17) is 0 Å². The van der Waals surface area contributed by atoms with Crippen molar-refractivity contribution < 1.29 is 4.79 Å². The summed E-state index contributed by atoms with van der Waals surface area (Å²) in [6.45, 7) is 4.77. The molecule has 1 amide bonds. The van der Waals surface area contributed by atoms with Crippen LogP contribution in [0, 0.1) is 5.41 Å². The lowest BCUT2D eigenvalue weighted by atomic mass is 9.87. The number of hydrogen-bond acceptors (Lipinski definition) is 3.